The second-order valence-electron chi connectivity index (χ2n) is 3.90. The molecule has 84 valence electrons. The molecule has 0 radical (unpaired) electrons. The molecule has 0 bridgehead atoms. The van der Waals surface area contributed by atoms with Crippen LogP contribution in [0.5, 0.6) is 0 Å². The summed E-state index contributed by atoms with van der Waals surface area (Å²) >= 11 is 0. The van der Waals surface area contributed by atoms with Crippen molar-refractivity contribution in [3.8, 4) is 0 Å². The molecule has 0 rings (SSSR count). The van der Waals surface area contributed by atoms with Crippen molar-refractivity contribution in [3.63, 3.8) is 0 Å². The zero-order valence-corrected chi connectivity index (χ0v) is 9.46. The number of aliphatic carboxylic acids is 1. The molecular formula is C11H23NO2. The highest BCUT2D eigenvalue weighted by Gasteiger charge is 2.02. The molecule has 0 unspecified atom stereocenters. The highest BCUT2D eigenvalue weighted by Crippen LogP contribution is 2.05. The molecule has 0 aliphatic heterocycles. The Morgan fingerprint density at radius 1 is 1.14 bits per heavy atom. The van der Waals surface area contributed by atoms with Crippen LogP contribution in [0.1, 0.15) is 45.4 Å². The standard InChI is InChI=1S/C11H23NO2/c1-3-4-5-6-7-8-9-12(2)10-11(13)14/h3-10H2,1-2H3,(H,13,14). The van der Waals surface area contributed by atoms with Gasteiger partial charge in [0.25, 0.3) is 0 Å². The van der Waals surface area contributed by atoms with Crippen molar-refractivity contribution in [3.05, 3.63) is 0 Å². The number of carboxylic acid groups (broad SMARTS) is 1. The predicted molar refractivity (Wildman–Crippen MR) is 58.5 cm³/mol. The summed E-state index contributed by atoms with van der Waals surface area (Å²) in [4.78, 5) is 12.2. The van der Waals surface area contributed by atoms with Gasteiger partial charge in [0.05, 0.1) is 6.54 Å². The highest BCUT2D eigenvalue weighted by molar-refractivity contribution is 5.68. The Kier molecular flexibility index (Phi) is 8.64. The van der Waals surface area contributed by atoms with Crippen LogP contribution in [0.15, 0.2) is 0 Å². The van der Waals surface area contributed by atoms with Gasteiger partial charge in [-0.25, -0.2) is 0 Å². The minimum Gasteiger partial charge on any atom is -0.480 e. The van der Waals surface area contributed by atoms with E-state index in [1.165, 1.54) is 32.1 Å². The molecule has 0 atom stereocenters. The van der Waals surface area contributed by atoms with E-state index in [0.29, 0.717) is 0 Å². The number of carbonyl (C=O) groups is 1. The van der Waals surface area contributed by atoms with E-state index in [9.17, 15) is 4.79 Å². The molecule has 14 heavy (non-hydrogen) atoms. The first-order chi connectivity index (χ1) is 6.66. The molecule has 0 aromatic heterocycles. The van der Waals surface area contributed by atoms with Gasteiger partial charge in [-0.1, -0.05) is 39.0 Å². The minimum atomic E-state index is -0.738. The number of nitrogens with zero attached hydrogens (tertiary/aromatic N) is 1. The average molecular weight is 201 g/mol. The van der Waals surface area contributed by atoms with Crippen LogP contribution in [-0.4, -0.2) is 36.1 Å². The van der Waals surface area contributed by atoms with E-state index in [0.717, 1.165) is 13.0 Å². The molecule has 0 spiro atoms. The molecule has 0 aliphatic rings. The van der Waals surface area contributed by atoms with Gasteiger partial charge in [-0.2, -0.15) is 0 Å². The van der Waals surface area contributed by atoms with Crippen molar-refractivity contribution in [1.82, 2.24) is 4.90 Å². The van der Waals surface area contributed by atoms with Crippen molar-refractivity contribution >= 4 is 5.97 Å². The van der Waals surface area contributed by atoms with Gasteiger partial charge in [-0.05, 0) is 20.0 Å². The van der Waals surface area contributed by atoms with Crippen LogP contribution in [-0.2, 0) is 4.79 Å². The second-order valence-corrected chi connectivity index (χ2v) is 3.90. The van der Waals surface area contributed by atoms with E-state index >= 15 is 0 Å². The summed E-state index contributed by atoms with van der Waals surface area (Å²) in [6, 6.07) is 0. The number of likely N-dealkylation sites (N-methyl/N-ethyl adjacent to an activating group) is 1. The van der Waals surface area contributed by atoms with Crippen LogP contribution in [0.3, 0.4) is 0 Å². The summed E-state index contributed by atoms with van der Waals surface area (Å²) in [7, 11) is 1.86. The fourth-order valence-electron chi connectivity index (χ4n) is 1.47. The number of unbranched alkanes of at least 4 members (excludes halogenated alkanes) is 5. The van der Waals surface area contributed by atoms with Crippen LogP contribution in [0.25, 0.3) is 0 Å². The Balaban J connectivity index is 3.14. The summed E-state index contributed by atoms with van der Waals surface area (Å²) in [5.74, 6) is -0.738. The van der Waals surface area contributed by atoms with E-state index < -0.39 is 5.97 Å². The summed E-state index contributed by atoms with van der Waals surface area (Å²) in [5.41, 5.74) is 0. The first kappa shape index (κ1) is 13.4. The van der Waals surface area contributed by atoms with Crippen molar-refractivity contribution in [2.75, 3.05) is 20.1 Å². The topological polar surface area (TPSA) is 40.5 Å². The van der Waals surface area contributed by atoms with Gasteiger partial charge in [0.2, 0.25) is 0 Å². The summed E-state index contributed by atoms with van der Waals surface area (Å²) in [5, 5.41) is 8.51. The minimum absolute atomic E-state index is 0.162. The number of hydrogen-bond donors (Lipinski definition) is 1. The molecule has 0 fully saturated rings. The maximum Gasteiger partial charge on any atom is 0.317 e. The molecule has 0 saturated carbocycles. The van der Waals surface area contributed by atoms with Crippen molar-refractivity contribution in [2.45, 2.75) is 45.4 Å². The number of hydrogen-bond acceptors (Lipinski definition) is 2. The van der Waals surface area contributed by atoms with E-state index in [1.807, 2.05) is 11.9 Å². The lowest BCUT2D eigenvalue weighted by atomic mass is 10.1. The van der Waals surface area contributed by atoms with E-state index in [1.54, 1.807) is 0 Å². The molecule has 3 nitrogen and oxygen atoms in total. The average Bonchev–Trinajstić information content (AvgIpc) is 2.10. The zero-order chi connectivity index (χ0) is 10.8. The van der Waals surface area contributed by atoms with Crippen molar-refractivity contribution < 1.29 is 9.90 Å². The fraction of sp³-hybridized carbons (Fsp3) is 0.909. The van der Waals surface area contributed by atoms with Crippen LogP contribution in [0.2, 0.25) is 0 Å². The Bertz CT molecular complexity index is 148. The van der Waals surface area contributed by atoms with E-state index in [2.05, 4.69) is 6.92 Å². The first-order valence-electron chi connectivity index (χ1n) is 5.57. The van der Waals surface area contributed by atoms with Crippen molar-refractivity contribution in [2.24, 2.45) is 0 Å². The Hall–Kier alpha value is -0.570. The molecule has 0 aromatic carbocycles. The largest absolute Gasteiger partial charge is 0.480 e. The monoisotopic (exact) mass is 201 g/mol. The second kappa shape index (κ2) is 9.00. The van der Waals surface area contributed by atoms with Gasteiger partial charge in [0.15, 0.2) is 0 Å². The Morgan fingerprint density at radius 2 is 1.71 bits per heavy atom. The third kappa shape index (κ3) is 9.52. The molecule has 0 amide bonds. The quantitative estimate of drug-likeness (QED) is 0.582. The zero-order valence-electron chi connectivity index (χ0n) is 9.46. The lowest BCUT2D eigenvalue weighted by molar-refractivity contribution is -0.137. The number of carboxylic acids is 1. The van der Waals surface area contributed by atoms with E-state index in [4.69, 9.17) is 5.11 Å². The van der Waals surface area contributed by atoms with Crippen LogP contribution in [0.4, 0.5) is 0 Å². The van der Waals surface area contributed by atoms with Gasteiger partial charge in [0.1, 0.15) is 0 Å². The van der Waals surface area contributed by atoms with Crippen LogP contribution < -0.4 is 0 Å². The third-order valence-electron chi connectivity index (χ3n) is 2.30. The lowest BCUT2D eigenvalue weighted by Gasteiger charge is -2.13. The normalized spacial score (nSPS) is 10.8. The van der Waals surface area contributed by atoms with Gasteiger partial charge < -0.3 is 5.11 Å². The smallest absolute Gasteiger partial charge is 0.317 e. The first-order valence-corrected chi connectivity index (χ1v) is 5.57. The molecule has 0 aliphatic carbocycles. The summed E-state index contributed by atoms with van der Waals surface area (Å²) < 4.78 is 0. The molecule has 3 heteroatoms. The predicted octanol–water partition coefficient (Wildman–Crippen LogP) is 2.36. The summed E-state index contributed by atoms with van der Waals surface area (Å²) in [6.07, 6.45) is 7.55. The highest BCUT2D eigenvalue weighted by atomic mass is 16.4. The number of rotatable bonds is 9. The van der Waals surface area contributed by atoms with Gasteiger partial charge in [-0.15, -0.1) is 0 Å². The van der Waals surface area contributed by atoms with E-state index in [-0.39, 0.29) is 6.54 Å². The fourth-order valence-corrected chi connectivity index (χ4v) is 1.47. The maximum atomic E-state index is 10.3. The Morgan fingerprint density at radius 3 is 2.29 bits per heavy atom. The SMILES string of the molecule is CCCCCCCCN(C)CC(=O)O. The van der Waals surface area contributed by atoms with Crippen LogP contribution >= 0.6 is 0 Å². The third-order valence-corrected chi connectivity index (χ3v) is 2.30. The molecule has 0 saturated heterocycles. The van der Waals surface area contributed by atoms with Crippen LogP contribution in [0, 0.1) is 0 Å². The molecular weight excluding hydrogens is 178 g/mol. The van der Waals surface area contributed by atoms with Gasteiger partial charge in [0, 0.05) is 0 Å². The maximum absolute atomic E-state index is 10.3. The van der Waals surface area contributed by atoms with Crippen molar-refractivity contribution in [1.29, 1.82) is 0 Å². The summed E-state index contributed by atoms with van der Waals surface area (Å²) in [6.45, 7) is 3.27. The van der Waals surface area contributed by atoms with Gasteiger partial charge >= 0.3 is 5.97 Å². The lowest BCUT2D eigenvalue weighted by Crippen LogP contribution is -2.26. The molecule has 1 N–H and O–H groups in total. The molecule has 0 aromatic rings. The Labute approximate surface area is 87.1 Å². The molecule has 0 heterocycles. The van der Waals surface area contributed by atoms with Gasteiger partial charge in [-0.3, -0.25) is 9.69 Å².